The van der Waals surface area contributed by atoms with E-state index in [2.05, 4.69) is 16.5 Å². The molecule has 0 saturated carbocycles. The van der Waals surface area contributed by atoms with E-state index in [4.69, 9.17) is 4.84 Å². The van der Waals surface area contributed by atoms with Crippen LogP contribution < -0.4 is 5.32 Å². The Kier molecular flexibility index (Phi) is 6.89. The summed E-state index contributed by atoms with van der Waals surface area (Å²) in [5, 5.41) is 16.1. The molecule has 0 aliphatic rings. The summed E-state index contributed by atoms with van der Waals surface area (Å²) in [6.45, 7) is 9.68. The fourth-order valence-electron chi connectivity index (χ4n) is 2.76. The van der Waals surface area contributed by atoms with Crippen LogP contribution in [0.4, 0.5) is 5.69 Å². The van der Waals surface area contributed by atoms with Crippen molar-refractivity contribution in [1.82, 2.24) is 0 Å². The van der Waals surface area contributed by atoms with Gasteiger partial charge in [-0.25, -0.2) is 0 Å². The second-order valence-corrected chi connectivity index (χ2v) is 7.78. The number of nitriles is 1. The average molecular weight is 391 g/mol. The topological polar surface area (TPSA) is 91.5 Å². The van der Waals surface area contributed by atoms with Crippen molar-refractivity contribution in [2.45, 2.75) is 40.0 Å². The van der Waals surface area contributed by atoms with E-state index in [-0.39, 0.29) is 17.9 Å². The van der Waals surface area contributed by atoms with Crippen LogP contribution >= 0.6 is 0 Å². The molecule has 0 unspecified atom stereocenters. The number of hydrogen-bond donors (Lipinski definition) is 1. The van der Waals surface area contributed by atoms with E-state index < -0.39 is 0 Å². The van der Waals surface area contributed by atoms with Crippen molar-refractivity contribution in [1.29, 1.82) is 5.26 Å². The zero-order valence-corrected chi connectivity index (χ0v) is 17.4. The Morgan fingerprint density at radius 2 is 1.97 bits per heavy atom. The van der Waals surface area contributed by atoms with Crippen molar-refractivity contribution in [3.8, 4) is 6.07 Å². The monoisotopic (exact) mass is 391 g/mol. The maximum atomic E-state index is 12.8. The number of hydrogen-bond acceptors (Lipinski definition) is 5. The van der Waals surface area contributed by atoms with Gasteiger partial charge in [-0.15, -0.1) is 0 Å². The van der Waals surface area contributed by atoms with Crippen LogP contribution in [0.3, 0.4) is 0 Å². The van der Waals surface area contributed by atoms with Crippen molar-refractivity contribution in [2.75, 3.05) is 11.9 Å². The van der Waals surface area contributed by atoms with Gasteiger partial charge in [-0.05, 0) is 60.7 Å². The minimum atomic E-state index is -0.297. The molecule has 150 valence electrons. The number of carbonyl (C=O) groups excluding carboxylic acids is 2. The lowest BCUT2D eigenvalue weighted by Gasteiger charge is -2.20. The summed E-state index contributed by atoms with van der Waals surface area (Å²) in [4.78, 5) is 28.1. The Morgan fingerprint density at radius 3 is 2.59 bits per heavy atom. The molecule has 2 rings (SSSR count). The van der Waals surface area contributed by atoms with Gasteiger partial charge in [-0.3, -0.25) is 9.59 Å². The van der Waals surface area contributed by atoms with Gasteiger partial charge in [0, 0.05) is 16.8 Å². The Labute approximate surface area is 171 Å². The molecule has 0 fully saturated rings. The summed E-state index contributed by atoms with van der Waals surface area (Å²) in [6, 6.07) is 12.8. The lowest BCUT2D eigenvalue weighted by Crippen LogP contribution is -2.16. The van der Waals surface area contributed by atoms with E-state index in [0.29, 0.717) is 28.8 Å². The number of anilines is 1. The lowest BCUT2D eigenvalue weighted by atomic mass is 9.85. The van der Waals surface area contributed by atoms with Crippen LogP contribution in [0.25, 0.3) is 0 Å². The lowest BCUT2D eigenvalue weighted by molar-refractivity contribution is -0.111. The zero-order chi connectivity index (χ0) is 21.6. The van der Waals surface area contributed by atoms with Crippen molar-refractivity contribution < 1.29 is 14.4 Å². The number of amides is 1. The maximum absolute atomic E-state index is 12.8. The molecule has 0 spiro atoms. The van der Waals surface area contributed by atoms with Gasteiger partial charge in [0.1, 0.15) is 0 Å². The first-order valence-electron chi connectivity index (χ1n) is 9.24. The van der Waals surface area contributed by atoms with Gasteiger partial charge in [0.15, 0.2) is 12.9 Å². The highest BCUT2D eigenvalue weighted by atomic mass is 16.6. The number of aryl methyl sites for hydroxylation is 1. The summed E-state index contributed by atoms with van der Waals surface area (Å²) in [6.07, 6.45) is 0.626. The quantitative estimate of drug-likeness (QED) is 0.343. The molecule has 0 radical (unpaired) electrons. The molecule has 1 amide bonds. The molecule has 2 aromatic rings. The third kappa shape index (κ3) is 5.76. The molecule has 0 aliphatic carbocycles. The molecule has 0 atom stereocenters. The van der Waals surface area contributed by atoms with E-state index in [1.807, 2.05) is 39.8 Å². The average Bonchev–Trinajstić information content (AvgIpc) is 2.68. The van der Waals surface area contributed by atoms with E-state index in [0.717, 1.165) is 16.7 Å². The maximum Gasteiger partial charge on any atom is 0.255 e. The van der Waals surface area contributed by atoms with Gasteiger partial charge in [-0.1, -0.05) is 32.0 Å². The van der Waals surface area contributed by atoms with Crippen LogP contribution in [-0.2, 0) is 15.0 Å². The largest absolute Gasteiger partial charge is 0.388 e. The number of benzene rings is 2. The summed E-state index contributed by atoms with van der Waals surface area (Å²) in [5.74, 6) is -0.297. The molecule has 6 heteroatoms. The summed E-state index contributed by atoms with van der Waals surface area (Å²) >= 11 is 0. The fourth-order valence-corrected chi connectivity index (χ4v) is 2.76. The highest BCUT2D eigenvalue weighted by Gasteiger charge is 2.18. The van der Waals surface area contributed by atoms with Crippen molar-refractivity contribution in [2.24, 2.45) is 5.16 Å². The fraction of sp³-hybridized carbons (Fsp3) is 0.304. The predicted molar refractivity (Wildman–Crippen MR) is 113 cm³/mol. The highest BCUT2D eigenvalue weighted by molar-refractivity contribution is 6.06. The Balaban J connectivity index is 2.32. The van der Waals surface area contributed by atoms with Gasteiger partial charge in [0.05, 0.1) is 17.3 Å². The molecule has 0 heterocycles. The molecule has 2 aromatic carbocycles. The molecular formula is C23H25N3O3. The highest BCUT2D eigenvalue weighted by Crippen LogP contribution is 2.25. The number of rotatable bonds is 6. The molecular weight excluding hydrogens is 366 g/mol. The predicted octanol–water partition coefficient (Wildman–Crippen LogP) is 4.36. The third-order valence-corrected chi connectivity index (χ3v) is 4.42. The summed E-state index contributed by atoms with van der Waals surface area (Å²) < 4.78 is 0. The minimum absolute atomic E-state index is 0.113. The molecule has 1 N–H and O–H groups in total. The SMILES string of the molecule is C/C(=N\OCC=O)c1cc(NC(=O)c2cc(C#N)cc(C(C)(C)C)c2)ccc1C. The second-order valence-electron chi connectivity index (χ2n) is 7.78. The van der Waals surface area contributed by atoms with Crippen molar-refractivity contribution in [3.63, 3.8) is 0 Å². The van der Waals surface area contributed by atoms with E-state index >= 15 is 0 Å². The van der Waals surface area contributed by atoms with E-state index in [1.54, 1.807) is 31.2 Å². The molecule has 0 aromatic heterocycles. The van der Waals surface area contributed by atoms with Crippen molar-refractivity contribution >= 4 is 23.6 Å². The first-order chi connectivity index (χ1) is 13.7. The number of nitrogens with zero attached hydrogens (tertiary/aromatic N) is 2. The second kappa shape index (κ2) is 9.16. The zero-order valence-electron chi connectivity index (χ0n) is 17.4. The number of oxime groups is 1. The number of aldehydes is 1. The molecule has 6 nitrogen and oxygen atoms in total. The molecule has 0 aliphatic heterocycles. The minimum Gasteiger partial charge on any atom is -0.388 e. The van der Waals surface area contributed by atoms with Gasteiger partial charge < -0.3 is 10.2 Å². The van der Waals surface area contributed by atoms with Gasteiger partial charge in [0.2, 0.25) is 0 Å². The third-order valence-electron chi connectivity index (χ3n) is 4.42. The summed E-state index contributed by atoms with van der Waals surface area (Å²) in [7, 11) is 0. The Bertz CT molecular complexity index is 995. The van der Waals surface area contributed by atoms with Crippen LogP contribution in [0.15, 0.2) is 41.6 Å². The first kappa shape index (κ1) is 21.8. The first-order valence-corrected chi connectivity index (χ1v) is 9.24. The molecule has 29 heavy (non-hydrogen) atoms. The Morgan fingerprint density at radius 1 is 1.24 bits per heavy atom. The number of carbonyl (C=O) groups is 2. The van der Waals surface area contributed by atoms with Crippen LogP contribution in [0.1, 0.15) is 60.3 Å². The van der Waals surface area contributed by atoms with Gasteiger partial charge >= 0.3 is 0 Å². The van der Waals surface area contributed by atoms with Gasteiger partial charge in [0.25, 0.3) is 5.91 Å². The van der Waals surface area contributed by atoms with Gasteiger partial charge in [-0.2, -0.15) is 5.26 Å². The van der Waals surface area contributed by atoms with Crippen LogP contribution in [-0.4, -0.2) is 24.5 Å². The Hall–Kier alpha value is -3.46. The standard InChI is InChI=1S/C23H25N3O3/c1-15-6-7-20(13-21(15)16(2)26-29-9-8-27)25-22(28)18-10-17(14-24)11-19(12-18)23(3,4)5/h6-8,10-13H,9H2,1-5H3,(H,25,28)/b26-16+. The van der Waals surface area contributed by atoms with Crippen LogP contribution in [0.2, 0.25) is 0 Å². The van der Waals surface area contributed by atoms with E-state index in [9.17, 15) is 14.9 Å². The normalized spacial score (nSPS) is 11.5. The van der Waals surface area contributed by atoms with Crippen molar-refractivity contribution in [3.05, 3.63) is 64.2 Å². The van der Waals surface area contributed by atoms with Crippen LogP contribution in [0.5, 0.6) is 0 Å². The molecule has 0 bridgehead atoms. The smallest absolute Gasteiger partial charge is 0.255 e. The number of nitrogens with one attached hydrogen (secondary N) is 1. The summed E-state index contributed by atoms with van der Waals surface area (Å²) in [5.41, 5.74) is 4.56. The van der Waals surface area contributed by atoms with Crippen LogP contribution in [0, 0.1) is 18.3 Å². The van der Waals surface area contributed by atoms with E-state index in [1.165, 1.54) is 0 Å². The molecule has 0 saturated heterocycles.